The first kappa shape index (κ1) is 10.2. The Kier molecular flexibility index (Phi) is 3.88. The third-order valence-electron chi connectivity index (χ3n) is 1.38. The zero-order chi connectivity index (χ0) is 9.68. The standard InChI is InChI=1S/C10H8ClNS/c1-8(6-12)7-13-10-5-3-2-4-9(10)11/h2-5,7H,1H3. The van der Waals surface area contributed by atoms with Crippen LogP contribution in [0, 0.1) is 11.3 Å². The van der Waals surface area contributed by atoms with E-state index in [4.69, 9.17) is 16.9 Å². The third-order valence-corrected chi connectivity index (χ3v) is 2.90. The largest absolute Gasteiger partial charge is 0.193 e. The van der Waals surface area contributed by atoms with Crippen molar-refractivity contribution in [2.45, 2.75) is 11.8 Å². The highest BCUT2D eigenvalue weighted by Gasteiger charge is 1.96. The van der Waals surface area contributed by atoms with E-state index in [1.165, 1.54) is 11.8 Å². The SMILES string of the molecule is CC(C#N)=CSc1ccccc1Cl. The Hall–Kier alpha value is -0.910. The van der Waals surface area contributed by atoms with Gasteiger partial charge in [-0.25, -0.2) is 0 Å². The molecule has 0 saturated heterocycles. The number of hydrogen-bond acceptors (Lipinski definition) is 2. The van der Waals surface area contributed by atoms with E-state index in [1.54, 1.807) is 12.3 Å². The topological polar surface area (TPSA) is 23.8 Å². The molecule has 0 aromatic heterocycles. The second kappa shape index (κ2) is 4.96. The lowest BCUT2D eigenvalue weighted by Crippen LogP contribution is -1.71. The van der Waals surface area contributed by atoms with Crippen molar-refractivity contribution in [1.29, 1.82) is 5.26 Å². The zero-order valence-electron chi connectivity index (χ0n) is 7.12. The molecule has 1 aromatic carbocycles. The van der Waals surface area contributed by atoms with Crippen molar-refractivity contribution in [3.63, 3.8) is 0 Å². The van der Waals surface area contributed by atoms with Gasteiger partial charge in [-0.15, -0.1) is 0 Å². The van der Waals surface area contributed by atoms with Gasteiger partial charge in [0.2, 0.25) is 0 Å². The lowest BCUT2D eigenvalue weighted by molar-refractivity contribution is 1.45. The Morgan fingerprint density at radius 3 is 2.85 bits per heavy atom. The molecule has 0 spiro atoms. The van der Waals surface area contributed by atoms with Gasteiger partial charge in [0, 0.05) is 10.5 Å². The third kappa shape index (κ3) is 3.14. The van der Waals surface area contributed by atoms with Crippen LogP contribution in [0.2, 0.25) is 5.02 Å². The van der Waals surface area contributed by atoms with E-state index < -0.39 is 0 Å². The van der Waals surface area contributed by atoms with Crippen molar-refractivity contribution in [2.24, 2.45) is 0 Å². The number of hydrogen-bond donors (Lipinski definition) is 0. The molecule has 0 aliphatic carbocycles. The van der Waals surface area contributed by atoms with E-state index in [0.29, 0.717) is 5.57 Å². The van der Waals surface area contributed by atoms with Crippen molar-refractivity contribution in [2.75, 3.05) is 0 Å². The molecule has 3 heteroatoms. The maximum absolute atomic E-state index is 8.52. The molecule has 0 amide bonds. The fourth-order valence-electron chi connectivity index (χ4n) is 0.719. The Morgan fingerprint density at radius 2 is 2.23 bits per heavy atom. The van der Waals surface area contributed by atoms with E-state index in [9.17, 15) is 0 Å². The molecule has 1 aromatic rings. The highest BCUT2D eigenvalue weighted by Crippen LogP contribution is 2.27. The molecule has 13 heavy (non-hydrogen) atoms. The quantitative estimate of drug-likeness (QED) is 0.546. The van der Waals surface area contributed by atoms with E-state index >= 15 is 0 Å². The summed E-state index contributed by atoms with van der Waals surface area (Å²) in [6, 6.07) is 9.61. The normalized spacial score (nSPS) is 11.0. The highest BCUT2D eigenvalue weighted by atomic mass is 35.5. The smallest absolute Gasteiger partial charge is 0.0949 e. The molecule has 1 rings (SSSR count). The predicted octanol–water partition coefficient (Wildman–Crippen LogP) is 3.86. The van der Waals surface area contributed by atoms with Crippen molar-refractivity contribution < 1.29 is 0 Å². The predicted molar refractivity (Wildman–Crippen MR) is 56.7 cm³/mol. The van der Waals surface area contributed by atoms with Crippen LogP contribution in [0.1, 0.15) is 6.92 Å². The Labute approximate surface area is 87.0 Å². The van der Waals surface area contributed by atoms with Crippen molar-refractivity contribution in [3.8, 4) is 6.07 Å². The first-order valence-electron chi connectivity index (χ1n) is 3.72. The van der Waals surface area contributed by atoms with Gasteiger partial charge in [0.05, 0.1) is 11.1 Å². The van der Waals surface area contributed by atoms with Crippen LogP contribution in [-0.2, 0) is 0 Å². The summed E-state index contributed by atoms with van der Waals surface area (Å²) in [6.07, 6.45) is 0. The van der Waals surface area contributed by atoms with Crippen molar-refractivity contribution >= 4 is 23.4 Å². The number of halogens is 1. The van der Waals surface area contributed by atoms with Gasteiger partial charge in [-0.3, -0.25) is 0 Å². The van der Waals surface area contributed by atoms with Gasteiger partial charge in [-0.1, -0.05) is 35.5 Å². The van der Waals surface area contributed by atoms with Gasteiger partial charge in [-0.2, -0.15) is 5.26 Å². The van der Waals surface area contributed by atoms with Crippen LogP contribution < -0.4 is 0 Å². The lowest BCUT2D eigenvalue weighted by Gasteiger charge is -1.98. The summed E-state index contributed by atoms with van der Waals surface area (Å²) in [4.78, 5) is 0.971. The molecule has 0 N–H and O–H groups in total. The number of nitrogens with zero attached hydrogens (tertiary/aromatic N) is 1. The van der Waals surface area contributed by atoms with Crippen LogP contribution >= 0.6 is 23.4 Å². The zero-order valence-corrected chi connectivity index (χ0v) is 8.69. The average Bonchev–Trinajstić information content (AvgIpc) is 2.16. The molecule has 0 fully saturated rings. The van der Waals surface area contributed by atoms with Crippen LogP contribution in [0.15, 0.2) is 40.1 Å². The second-order valence-corrected chi connectivity index (χ2v) is 3.78. The minimum atomic E-state index is 0.685. The Bertz CT molecular complexity index is 365. The summed E-state index contributed by atoms with van der Waals surface area (Å²) in [5, 5.41) is 11.0. The molecule has 0 radical (unpaired) electrons. The van der Waals surface area contributed by atoms with E-state index in [2.05, 4.69) is 6.07 Å². The van der Waals surface area contributed by atoms with Gasteiger partial charge >= 0.3 is 0 Å². The second-order valence-electron chi connectivity index (χ2n) is 2.46. The molecule has 66 valence electrons. The van der Waals surface area contributed by atoms with Crippen LogP contribution in [-0.4, -0.2) is 0 Å². The molecular weight excluding hydrogens is 202 g/mol. The fraction of sp³-hybridized carbons (Fsp3) is 0.100. The number of rotatable bonds is 2. The molecule has 0 aliphatic heterocycles. The molecule has 0 heterocycles. The molecule has 0 unspecified atom stereocenters. The fourth-order valence-corrected chi connectivity index (χ4v) is 1.68. The van der Waals surface area contributed by atoms with Gasteiger partial charge in [0.1, 0.15) is 0 Å². The summed E-state index contributed by atoms with van der Waals surface area (Å²) in [5.41, 5.74) is 0.685. The number of allylic oxidation sites excluding steroid dienone is 1. The maximum Gasteiger partial charge on any atom is 0.0949 e. The van der Waals surface area contributed by atoms with Gasteiger partial charge in [-0.05, 0) is 24.5 Å². The lowest BCUT2D eigenvalue weighted by atomic mass is 10.4. The maximum atomic E-state index is 8.52. The van der Waals surface area contributed by atoms with Crippen LogP contribution in [0.25, 0.3) is 0 Å². The first-order chi connectivity index (χ1) is 6.24. The average molecular weight is 210 g/mol. The Morgan fingerprint density at radius 1 is 1.54 bits per heavy atom. The summed E-state index contributed by atoms with van der Waals surface area (Å²) in [5.74, 6) is 0. The minimum absolute atomic E-state index is 0.685. The van der Waals surface area contributed by atoms with Gasteiger partial charge < -0.3 is 0 Å². The van der Waals surface area contributed by atoms with E-state index in [1.807, 2.05) is 24.3 Å². The van der Waals surface area contributed by atoms with E-state index in [-0.39, 0.29) is 0 Å². The number of benzene rings is 1. The van der Waals surface area contributed by atoms with Gasteiger partial charge in [0.15, 0.2) is 0 Å². The number of thioether (sulfide) groups is 1. The first-order valence-corrected chi connectivity index (χ1v) is 4.98. The molecular formula is C10H8ClNS. The summed E-state index contributed by atoms with van der Waals surface area (Å²) in [6.45, 7) is 1.77. The molecule has 0 atom stereocenters. The van der Waals surface area contributed by atoms with Crippen molar-refractivity contribution in [3.05, 3.63) is 40.3 Å². The molecule has 0 aliphatic rings. The van der Waals surface area contributed by atoms with Gasteiger partial charge in [0.25, 0.3) is 0 Å². The van der Waals surface area contributed by atoms with E-state index in [0.717, 1.165) is 9.92 Å². The summed E-state index contributed by atoms with van der Waals surface area (Å²) >= 11 is 7.38. The van der Waals surface area contributed by atoms with Crippen LogP contribution in [0.4, 0.5) is 0 Å². The van der Waals surface area contributed by atoms with Crippen molar-refractivity contribution in [1.82, 2.24) is 0 Å². The monoisotopic (exact) mass is 209 g/mol. The Balaban J connectivity index is 2.77. The molecule has 1 nitrogen and oxygen atoms in total. The number of nitriles is 1. The van der Waals surface area contributed by atoms with Crippen LogP contribution in [0.5, 0.6) is 0 Å². The molecule has 0 saturated carbocycles. The molecule has 0 bridgehead atoms. The summed E-state index contributed by atoms with van der Waals surface area (Å²) in [7, 11) is 0. The highest BCUT2D eigenvalue weighted by molar-refractivity contribution is 8.02. The minimum Gasteiger partial charge on any atom is -0.193 e. The summed E-state index contributed by atoms with van der Waals surface area (Å²) < 4.78 is 0. The van der Waals surface area contributed by atoms with Crippen LogP contribution in [0.3, 0.4) is 0 Å².